The Morgan fingerprint density at radius 2 is 2.05 bits per heavy atom. The molecule has 0 bridgehead atoms. The van der Waals surface area contributed by atoms with Crippen molar-refractivity contribution >= 4 is 18.3 Å². The van der Waals surface area contributed by atoms with Crippen molar-refractivity contribution in [3.05, 3.63) is 0 Å². The average Bonchev–Trinajstić information content (AvgIpc) is 2.92. The summed E-state index contributed by atoms with van der Waals surface area (Å²) in [4.78, 5) is 11.8. The molecule has 2 N–H and O–H groups in total. The Morgan fingerprint density at radius 1 is 1.26 bits per heavy atom. The maximum Gasteiger partial charge on any atom is 0.239 e. The van der Waals surface area contributed by atoms with E-state index in [1.807, 2.05) is 0 Å². The fraction of sp³-hybridized carbons (Fsp3) is 0.929. The van der Waals surface area contributed by atoms with Crippen LogP contribution in [0.25, 0.3) is 0 Å². The summed E-state index contributed by atoms with van der Waals surface area (Å²) in [6, 6.07) is -0.145. The lowest BCUT2D eigenvalue weighted by Gasteiger charge is -2.22. The van der Waals surface area contributed by atoms with Gasteiger partial charge < -0.3 is 15.4 Å². The highest BCUT2D eigenvalue weighted by Crippen LogP contribution is 2.28. The van der Waals surface area contributed by atoms with Gasteiger partial charge in [0, 0.05) is 13.1 Å². The van der Waals surface area contributed by atoms with Gasteiger partial charge in [0.05, 0.1) is 13.2 Å². The number of hydrogen-bond donors (Lipinski definition) is 2. The van der Waals surface area contributed by atoms with Gasteiger partial charge in [-0.25, -0.2) is 0 Å². The zero-order valence-electron chi connectivity index (χ0n) is 11.7. The number of nitrogens with one attached hydrogen (secondary N) is 2. The first-order chi connectivity index (χ1) is 8.86. The van der Waals surface area contributed by atoms with E-state index in [0.717, 1.165) is 25.4 Å². The van der Waals surface area contributed by atoms with Crippen LogP contribution in [-0.2, 0) is 9.53 Å². The van der Waals surface area contributed by atoms with E-state index in [4.69, 9.17) is 4.74 Å². The van der Waals surface area contributed by atoms with Gasteiger partial charge in [-0.1, -0.05) is 38.5 Å². The first kappa shape index (κ1) is 16.7. The second-order valence-corrected chi connectivity index (χ2v) is 5.52. The van der Waals surface area contributed by atoms with Gasteiger partial charge >= 0.3 is 0 Å². The molecule has 1 heterocycles. The van der Waals surface area contributed by atoms with Gasteiger partial charge in [-0.3, -0.25) is 4.79 Å². The Labute approximate surface area is 122 Å². The van der Waals surface area contributed by atoms with Crippen LogP contribution in [0.5, 0.6) is 0 Å². The third kappa shape index (κ3) is 6.11. The molecule has 1 amide bonds. The lowest BCUT2D eigenvalue weighted by molar-refractivity contribution is -0.125. The maximum atomic E-state index is 11.8. The molecule has 0 aromatic heterocycles. The van der Waals surface area contributed by atoms with Gasteiger partial charge in [0.1, 0.15) is 6.04 Å². The molecule has 0 radical (unpaired) electrons. The molecule has 1 unspecified atom stereocenters. The number of ether oxygens (including phenoxy) is 1. The summed E-state index contributed by atoms with van der Waals surface area (Å²) in [6.07, 6.45) is 9.41. The minimum Gasteiger partial charge on any atom is -0.378 e. The first-order valence-electron chi connectivity index (χ1n) is 7.45. The number of carbonyl (C=O) groups is 1. The summed E-state index contributed by atoms with van der Waals surface area (Å²) < 4.78 is 5.27. The number of unbranched alkanes of at least 4 members (excludes halogenated alkanes) is 1. The molecule has 2 fully saturated rings. The Hall–Kier alpha value is -0.320. The molecule has 112 valence electrons. The molecule has 1 saturated carbocycles. The molecule has 2 rings (SSSR count). The third-order valence-electron chi connectivity index (χ3n) is 4.05. The van der Waals surface area contributed by atoms with Gasteiger partial charge in [0.15, 0.2) is 0 Å². The molecule has 1 atom stereocenters. The van der Waals surface area contributed by atoms with E-state index in [1.54, 1.807) is 0 Å². The Kier molecular flexibility index (Phi) is 8.42. The van der Waals surface area contributed by atoms with Gasteiger partial charge in [0.2, 0.25) is 5.91 Å². The first-order valence-corrected chi connectivity index (χ1v) is 7.45. The maximum absolute atomic E-state index is 11.8. The molecule has 1 saturated heterocycles. The van der Waals surface area contributed by atoms with Gasteiger partial charge in [-0.05, 0) is 12.3 Å². The summed E-state index contributed by atoms with van der Waals surface area (Å²) >= 11 is 0. The molecule has 5 heteroatoms. The summed E-state index contributed by atoms with van der Waals surface area (Å²) in [5.41, 5.74) is 0. The molecule has 19 heavy (non-hydrogen) atoms. The van der Waals surface area contributed by atoms with Crippen LogP contribution in [0.2, 0.25) is 0 Å². The fourth-order valence-corrected chi connectivity index (χ4v) is 2.93. The number of carbonyl (C=O) groups excluding carboxylic acids is 1. The second kappa shape index (κ2) is 9.56. The van der Waals surface area contributed by atoms with Crippen molar-refractivity contribution in [2.24, 2.45) is 5.92 Å². The second-order valence-electron chi connectivity index (χ2n) is 5.52. The van der Waals surface area contributed by atoms with Crippen LogP contribution in [0.4, 0.5) is 0 Å². The number of halogens is 1. The van der Waals surface area contributed by atoms with Crippen molar-refractivity contribution in [2.75, 3.05) is 26.3 Å². The van der Waals surface area contributed by atoms with Crippen molar-refractivity contribution in [2.45, 2.75) is 51.0 Å². The van der Waals surface area contributed by atoms with Gasteiger partial charge in [-0.15, -0.1) is 12.4 Å². The van der Waals surface area contributed by atoms with Crippen LogP contribution in [0.15, 0.2) is 0 Å². The monoisotopic (exact) mass is 290 g/mol. The molecule has 4 nitrogen and oxygen atoms in total. The number of morpholine rings is 1. The van der Waals surface area contributed by atoms with Crippen molar-refractivity contribution in [3.63, 3.8) is 0 Å². The molecule has 0 spiro atoms. The SMILES string of the molecule is Cl.O=C(NCCCCC1CCCC1)C1COCCN1. The zero-order chi connectivity index (χ0) is 12.6. The molecule has 1 aliphatic heterocycles. The predicted molar refractivity (Wildman–Crippen MR) is 78.7 cm³/mol. The van der Waals surface area contributed by atoms with E-state index in [1.165, 1.54) is 38.5 Å². The van der Waals surface area contributed by atoms with Crippen molar-refractivity contribution in [1.82, 2.24) is 10.6 Å². The largest absolute Gasteiger partial charge is 0.378 e. The smallest absolute Gasteiger partial charge is 0.239 e. The Balaban J connectivity index is 0.00000180. The van der Waals surface area contributed by atoms with E-state index in [2.05, 4.69) is 10.6 Å². The van der Waals surface area contributed by atoms with Gasteiger partial charge in [0.25, 0.3) is 0 Å². The zero-order valence-corrected chi connectivity index (χ0v) is 12.5. The average molecular weight is 291 g/mol. The van der Waals surface area contributed by atoms with Crippen molar-refractivity contribution < 1.29 is 9.53 Å². The third-order valence-corrected chi connectivity index (χ3v) is 4.05. The van der Waals surface area contributed by atoms with Crippen LogP contribution in [-0.4, -0.2) is 38.3 Å². The predicted octanol–water partition coefficient (Wildman–Crippen LogP) is 1.87. The quantitative estimate of drug-likeness (QED) is 0.734. The van der Waals surface area contributed by atoms with Crippen LogP contribution in [0.1, 0.15) is 44.9 Å². The highest BCUT2D eigenvalue weighted by Gasteiger charge is 2.20. The highest BCUT2D eigenvalue weighted by molar-refractivity contribution is 5.85. The molecule has 0 aromatic carbocycles. The van der Waals surface area contributed by atoms with E-state index < -0.39 is 0 Å². The standard InChI is InChI=1S/C14H26N2O2.ClH/c17-14(13-11-18-10-9-15-13)16-8-4-3-7-12-5-1-2-6-12;/h12-13,15H,1-11H2,(H,16,17);1H. The summed E-state index contributed by atoms with van der Waals surface area (Å²) in [5.74, 6) is 1.06. The minimum absolute atomic E-state index is 0. The number of amides is 1. The van der Waals surface area contributed by atoms with Gasteiger partial charge in [-0.2, -0.15) is 0 Å². The molecular formula is C14H27ClN2O2. The van der Waals surface area contributed by atoms with E-state index in [0.29, 0.717) is 13.2 Å². The molecule has 1 aliphatic carbocycles. The normalized spacial score (nSPS) is 23.9. The van der Waals surface area contributed by atoms with Crippen LogP contribution in [0.3, 0.4) is 0 Å². The van der Waals surface area contributed by atoms with Crippen LogP contribution < -0.4 is 10.6 Å². The van der Waals surface area contributed by atoms with Crippen molar-refractivity contribution in [3.8, 4) is 0 Å². The molecule has 2 aliphatic rings. The lowest BCUT2D eigenvalue weighted by Crippen LogP contribution is -2.51. The summed E-state index contributed by atoms with van der Waals surface area (Å²) in [5, 5.41) is 6.16. The van der Waals surface area contributed by atoms with Crippen molar-refractivity contribution in [1.29, 1.82) is 0 Å². The number of hydrogen-bond acceptors (Lipinski definition) is 3. The highest BCUT2D eigenvalue weighted by atomic mass is 35.5. The van der Waals surface area contributed by atoms with Crippen LogP contribution >= 0.6 is 12.4 Å². The number of rotatable bonds is 6. The van der Waals surface area contributed by atoms with E-state index in [-0.39, 0.29) is 24.4 Å². The topological polar surface area (TPSA) is 50.4 Å². The molecular weight excluding hydrogens is 264 g/mol. The Bertz CT molecular complexity index is 252. The molecule has 0 aromatic rings. The minimum atomic E-state index is -0.145. The van der Waals surface area contributed by atoms with E-state index in [9.17, 15) is 4.79 Å². The Morgan fingerprint density at radius 3 is 2.74 bits per heavy atom. The van der Waals surface area contributed by atoms with E-state index >= 15 is 0 Å². The van der Waals surface area contributed by atoms with Crippen LogP contribution in [0, 0.1) is 5.92 Å². The summed E-state index contributed by atoms with van der Waals surface area (Å²) in [7, 11) is 0. The lowest BCUT2D eigenvalue weighted by atomic mass is 10.0. The fourth-order valence-electron chi connectivity index (χ4n) is 2.93. The summed E-state index contributed by atoms with van der Waals surface area (Å²) in [6.45, 7) is 2.81.